The number of likely N-dealkylation sites (tertiary alicyclic amines) is 1. The molecule has 0 saturated carbocycles. The van der Waals surface area contributed by atoms with Crippen molar-refractivity contribution in [2.75, 3.05) is 18.9 Å². The first kappa shape index (κ1) is 18.4. The van der Waals surface area contributed by atoms with E-state index in [2.05, 4.69) is 45.2 Å². The van der Waals surface area contributed by atoms with Crippen LogP contribution in [0.1, 0.15) is 37.1 Å². The monoisotopic (exact) mass is 375 g/mol. The highest BCUT2D eigenvalue weighted by Crippen LogP contribution is 2.30. The second-order valence-corrected chi connectivity index (χ2v) is 7.56. The van der Waals surface area contributed by atoms with Crippen LogP contribution in [0.15, 0.2) is 43.2 Å². The molecule has 0 unspecified atom stereocenters. The van der Waals surface area contributed by atoms with Gasteiger partial charge in [0, 0.05) is 48.7 Å². The lowest BCUT2D eigenvalue weighted by molar-refractivity contribution is 0.177. The zero-order valence-corrected chi connectivity index (χ0v) is 16.5. The van der Waals surface area contributed by atoms with Crippen molar-refractivity contribution in [3.8, 4) is 11.3 Å². The summed E-state index contributed by atoms with van der Waals surface area (Å²) in [6, 6.07) is 4.59. The zero-order chi connectivity index (χ0) is 19.5. The lowest BCUT2D eigenvalue weighted by atomic mass is 9.93. The van der Waals surface area contributed by atoms with Gasteiger partial charge in [0.05, 0.1) is 17.6 Å². The van der Waals surface area contributed by atoms with Gasteiger partial charge in [-0.25, -0.2) is 19.9 Å². The molecule has 1 aliphatic rings. The molecule has 0 amide bonds. The van der Waals surface area contributed by atoms with Gasteiger partial charge in [-0.2, -0.15) is 0 Å². The van der Waals surface area contributed by atoms with Crippen molar-refractivity contribution >= 4 is 11.5 Å². The number of nitrogens with one attached hydrogen (secondary N) is 1. The standard InChI is InChI=1S/C21H25N7/c1-14-6-18(11-22-8-14)25-20-7-19(17-9-23-13-24-10-17)26-21(27-20)16-5-4-15(2)28(3)12-16/h6-11,13,15-16H,4-5,12H2,1-3H3,(H,25,26,27)/t15-,16+/m0/s1. The molecule has 0 spiro atoms. The number of hydrogen-bond donors (Lipinski definition) is 1. The molecule has 28 heavy (non-hydrogen) atoms. The number of likely N-dealkylation sites (N-methyl/N-ethyl adjacent to an activating group) is 1. The highest BCUT2D eigenvalue weighted by molar-refractivity contribution is 5.64. The Labute approximate surface area is 165 Å². The van der Waals surface area contributed by atoms with E-state index in [4.69, 9.17) is 9.97 Å². The van der Waals surface area contributed by atoms with Gasteiger partial charge < -0.3 is 10.2 Å². The van der Waals surface area contributed by atoms with Crippen molar-refractivity contribution in [3.63, 3.8) is 0 Å². The molecule has 1 fully saturated rings. The van der Waals surface area contributed by atoms with Gasteiger partial charge in [-0.3, -0.25) is 4.98 Å². The largest absolute Gasteiger partial charge is 0.339 e. The number of piperidine rings is 1. The van der Waals surface area contributed by atoms with Gasteiger partial charge in [0.15, 0.2) is 0 Å². The van der Waals surface area contributed by atoms with E-state index in [-0.39, 0.29) is 0 Å². The van der Waals surface area contributed by atoms with Gasteiger partial charge in [0.25, 0.3) is 0 Å². The molecule has 3 aromatic rings. The molecule has 0 aromatic carbocycles. The molecule has 7 nitrogen and oxygen atoms in total. The van der Waals surface area contributed by atoms with Crippen molar-refractivity contribution in [1.29, 1.82) is 0 Å². The number of aromatic nitrogens is 5. The predicted molar refractivity (Wildman–Crippen MR) is 109 cm³/mol. The molecular weight excluding hydrogens is 350 g/mol. The van der Waals surface area contributed by atoms with E-state index in [1.165, 1.54) is 6.33 Å². The number of rotatable bonds is 4. The molecule has 0 aliphatic carbocycles. The lowest BCUT2D eigenvalue weighted by Crippen LogP contribution is -2.38. The van der Waals surface area contributed by atoms with Gasteiger partial charge in [-0.15, -0.1) is 0 Å². The summed E-state index contributed by atoms with van der Waals surface area (Å²) in [6.07, 6.45) is 11.0. The van der Waals surface area contributed by atoms with Crippen molar-refractivity contribution in [2.24, 2.45) is 0 Å². The molecule has 4 heterocycles. The van der Waals surface area contributed by atoms with Crippen LogP contribution in [-0.4, -0.2) is 49.5 Å². The predicted octanol–water partition coefficient (Wildman–Crippen LogP) is 3.58. The van der Waals surface area contributed by atoms with Crippen LogP contribution in [0, 0.1) is 6.92 Å². The quantitative estimate of drug-likeness (QED) is 0.746. The van der Waals surface area contributed by atoms with Crippen molar-refractivity contribution in [1.82, 2.24) is 29.8 Å². The minimum Gasteiger partial charge on any atom is -0.339 e. The molecule has 3 aromatic heterocycles. The first-order valence-corrected chi connectivity index (χ1v) is 9.62. The Morgan fingerprint density at radius 3 is 2.57 bits per heavy atom. The SMILES string of the molecule is Cc1cncc(Nc2cc(-c3cncnc3)nc([C@@H]3CC[C@H](C)N(C)C3)n2)c1. The Kier molecular flexibility index (Phi) is 5.25. The molecular formula is C21H25N7. The summed E-state index contributed by atoms with van der Waals surface area (Å²) in [5.74, 6) is 1.93. The average molecular weight is 375 g/mol. The summed E-state index contributed by atoms with van der Waals surface area (Å²) < 4.78 is 0. The van der Waals surface area contributed by atoms with Gasteiger partial charge in [-0.05, 0) is 45.4 Å². The number of hydrogen-bond acceptors (Lipinski definition) is 7. The first-order valence-electron chi connectivity index (χ1n) is 9.62. The van der Waals surface area contributed by atoms with E-state index in [1.54, 1.807) is 18.6 Å². The first-order chi connectivity index (χ1) is 13.6. The van der Waals surface area contributed by atoms with Crippen molar-refractivity contribution in [2.45, 2.75) is 38.6 Å². The van der Waals surface area contributed by atoms with E-state index < -0.39 is 0 Å². The fourth-order valence-electron chi connectivity index (χ4n) is 3.56. The molecule has 1 saturated heterocycles. The third kappa shape index (κ3) is 4.14. The van der Waals surface area contributed by atoms with E-state index >= 15 is 0 Å². The summed E-state index contributed by atoms with van der Waals surface area (Å²) in [5, 5.41) is 3.39. The van der Waals surface area contributed by atoms with Gasteiger partial charge in [0.2, 0.25) is 0 Å². The molecule has 2 atom stereocenters. The van der Waals surface area contributed by atoms with E-state index in [0.29, 0.717) is 12.0 Å². The molecule has 7 heteroatoms. The number of anilines is 2. The van der Waals surface area contributed by atoms with Crippen molar-refractivity contribution < 1.29 is 0 Å². The molecule has 144 valence electrons. The summed E-state index contributed by atoms with van der Waals surface area (Å²) in [4.78, 5) is 24.6. The molecule has 4 rings (SSSR count). The molecule has 1 aliphatic heterocycles. The topological polar surface area (TPSA) is 79.7 Å². The van der Waals surface area contributed by atoms with Crippen LogP contribution in [0.25, 0.3) is 11.3 Å². The van der Waals surface area contributed by atoms with E-state index in [0.717, 1.165) is 53.5 Å². The normalized spacial score (nSPS) is 20.1. The van der Waals surface area contributed by atoms with Crippen LogP contribution >= 0.6 is 0 Å². The van der Waals surface area contributed by atoms with Crippen LogP contribution < -0.4 is 5.32 Å². The number of pyridine rings is 1. The second kappa shape index (κ2) is 7.98. The maximum absolute atomic E-state index is 4.87. The highest BCUT2D eigenvalue weighted by atomic mass is 15.1. The zero-order valence-electron chi connectivity index (χ0n) is 16.5. The fraction of sp³-hybridized carbons (Fsp3) is 0.381. The molecule has 0 bridgehead atoms. The van der Waals surface area contributed by atoms with Crippen LogP contribution in [0.3, 0.4) is 0 Å². The van der Waals surface area contributed by atoms with Crippen molar-refractivity contribution in [3.05, 3.63) is 54.6 Å². The average Bonchev–Trinajstić information content (AvgIpc) is 2.70. The number of aryl methyl sites for hydroxylation is 1. The summed E-state index contributed by atoms with van der Waals surface area (Å²) in [7, 11) is 2.17. The van der Waals surface area contributed by atoms with E-state index in [9.17, 15) is 0 Å². The maximum Gasteiger partial charge on any atom is 0.135 e. The molecule has 0 radical (unpaired) electrons. The van der Waals surface area contributed by atoms with Gasteiger partial charge in [0.1, 0.15) is 18.0 Å². The minimum atomic E-state index is 0.307. The lowest BCUT2D eigenvalue weighted by Gasteiger charge is -2.34. The van der Waals surface area contributed by atoms with Crippen LogP contribution in [-0.2, 0) is 0 Å². The van der Waals surface area contributed by atoms with Crippen LogP contribution in [0.5, 0.6) is 0 Å². The smallest absolute Gasteiger partial charge is 0.135 e. The maximum atomic E-state index is 4.87. The fourth-order valence-corrected chi connectivity index (χ4v) is 3.56. The van der Waals surface area contributed by atoms with E-state index in [1.807, 2.05) is 19.2 Å². The Bertz CT molecular complexity index is 944. The number of nitrogens with zero attached hydrogens (tertiary/aromatic N) is 6. The highest BCUT2D eigenvalue weighted by Gasteiger charge is 2.26. The second-order valence-electron chi connectivity index (χ2n) is 7.56. The minimum absolute atomic E-state index is 0.307. The Morgan fingerprint density at radius 1 is 1.00 bits per heavy atom. The third-order valence-corrected chi connectivity index (χ3v) is 5.31. The third-order valence-electron chi connectivity index (χ3n) is 5.31. The van der Waals surface area contributed by atoms with Crippen LogP contribution in [0.2, 0.25) is 0 Å². The van der Waals surface area contributed by atoms with Gasteiger partial charge >= 0.3 is 0 Å². The summed E-state index contributed by atoms with van der Waals surface area (Å²) >= 11 is 0. The van der Waals surface area contributed by atoms with Gasteiger partial charge in [-0.1, -0.05) is 0 Å². The Morgan fingerprint density at radius 2 is 1.82 bits per heavy atom. The van der Waals surface area contributed by atoms with Crippen LogP contribution in [0.4, 0.5) is 11.5 Å². The summed E-state index contributed by atoms with van der Waals surface area (Å²) in [6.45, 7) is 5.25. The molecule has 1 N–H and O–H groups in total. The Hall–Kier alpha value is -2.93. The summed E-state index contributed by atoms with van der Waals surface area (Å²) in [5.41, 5.74) is 3.72. The Balaban J connectivity index is 1.71.